The van der Waals surface area contributed by atoms with Gasteiger partial charge >= 0.3 is 5.97 Å². The molecule has 0 radical (unpaired) electrons. The first-order valence-corrected chi connectivity index (χ1v) is 11.7. The van der Waals surface area contributed by atoms with Crippen LogP contribution in [-0.4, -0.2) is 46.4 Å². The number of thiophene rings is 1. The summed E-state index contributed by atoms with van der Waals surface area (Å²) in [6, 6.07) is 1.96. The molecule has 0 bridgehead atoms. The predicted octanol–water partition coefficient (Wildman–Crippen LogP) is 2.72. The van der Waals surface area contributed by atoms with Gasteiger partial charge in [0.25, 0.3) is 11.8 Å². The Balaban J connectivity index is 1.37. The van der Waals surface area contributed by atoms with Crippen LogP contribution in [0.2, 0.25) is 0 Å². The number of nitrogens with two attached hydrogens (primary N) is 1. The zero-order valence-electron chi connectivity index (χ0n) is 15.5. The molecule has 1 fully saturated rings. The Morgan fingerprint density at radius 3 is 2.79 bits per heavy atom. The fraction of sp³-hybridized carbons (Fsp3) is 0.471. The van der Waals surface area contributed by atoms with Gasteiger partial charge in [-0.25, -0.2) is 0 Å². The number of hydrogen-bond donors (Lipinski definition) is 3. The van der Waals surface area contributed by atoms with Crippen molar-refractivity contribution in [3.8, 4) is 0 Å². The van der Waals surface area contributed by atoms with Crippen LogP contribution >= 0.6 is 34.4 Å². The highest BCUT2D eigenvalue weighted by Crippen LogP contribution is 2.28. The van der Waals surface area contributed by atoms with Gasteiger partial charge < -0.3 is 21.1 Å². The number of carbonyl (C=O) groups excluding carboxylic acids is 3. The van der Waals surface area contributed by atoms with E-state index < -0.39 is 24.4 Å². The second-order valence-corrected chi connectivity index (χ2v) is 9.49. The van der Waals surface area contributed by atoms with Gasteiger partial charge in [-0.2, -0.15) is 0 Å². The molecule has 156 valence electrons. The van der Waals surface area contributed by atoms with E-state index in [4.69, 9.17) is 10.5 Å². The van der Waals surface area contributed by atoms with E-state index in [1.54, 1.807) is 5.38 Å². The summed E-state index contributed by atoms with van der Waals surface area (Å²) in [6.45, 7) is -0.444. The Bertz CT molecular complexity index is 863. The van der Waals surface area contributed by atoms with Crippen molar-refractivity contribution in [3.63, 3.8) is 0 Å². The number of anilines is 2. The Morgan fingerprint density at radius 2 is 2.03 bits per heavy atom. The molecule has 2 aromatic heterocycles. The lowest BCUT2D eigenvalue weighted by Gasteiger charge is -2.21. The number of carbonyl (C=O) groups is 3. The number of aromatic nitrogens is 2. The number of nitrogens with zero attached hydrogens (tertiary/aromatic N) is 2. The minimum atomic E-state index is -0.635. The van der Waals surface area contributed by atoms with Gasteiger partial charge in [-0.05, 0) is 24.3 Å². The summed E-state index contributed by atoms with van der Waals surface area (Å²) in [5.41, 5.74) is 5.44. The summed E-state index contributed by atoms with van der Waals surface area (Å²) in [6.07, 6.45) is 6.03. The summed E-state index contributed by atoms with van der Waals surface area (Å²) in [7, 11) is 0. The smallest absolute Gasteiger partial charge is 0.316 e. The third-order valence-electron chi connectivity index (χ3n) is 4.20. The molecule has 29 heavy (non-hydrogen) atoms. The van der Waals surface area contributed by atoms with Crippen molar-refractivity contribution in [2.75, 3.05) is 23.0 Å². The summed E-state index contributed by atoms with van der Waals surface area (Å²) >= 11 is 3.78. The van der Waals surface area contributed by atoms with E-state index >= 15 is 0 Å². The second-order valence-electron chi connectivity index (χ2n) is 6.38. The number of amides is 2. The van der Waals surface area contributed by atoms with E-state index in [0.717, 1.165) is 18.0 Å². The fourth-order valence-electron chi connectivity index (χ4n) is 2.82. The quantitative estimate of drug-likeness (QED) is 0.388. The SMILES string of the molecule is NC(=O)c1ccsc1NC(=O)COC(=O)CSc1nnc(NC2CCCCC2)s1. The van der Waals surface area contributed by atoms with Gasteiger partial charge in [-0.3, -0.25) is 14.4 Å². The topological polar surface area (TPSA) is 136 Å². The molecule has 0 saturated heterocycles. The first-order chi connectivity index (χ1) is 14.0. The van der Waals surface area contributed by atoms with E-state index in [0.29, 0.717) is 15.4 Å². The van der Waals surface area contributed by atoms with Crippen molar-refractivity contribution in [1.29, 1.82) is 0 Å². The number of hydrogen-bond acceptors (Lipinski definition) is 10. The van der Waals surface area contributed by atoms with Gasteiger partial charge in [0.15, 0.2) is 10.9 Å². The highest BCUT2D eigenvalue weighted by molar-refractivity contribution is 8.01. The molecule has 3 rings (SSSR count). The monoisotopic (exact) mass is 455 g/mol. The van der Waals surface area contributed by atoms with Crippen LogP contribution in [0.1, 0.15) is 42.5 Å². The highest BCUT2D eigenvalue weighted by atomic mass is 32.2. The van der Waals surface area contributed by atoms with E-state index in [-0.39, 0.29) is 11.3 Å². The fourth-order valence-corrected chi connectivity index (χ4v) is 5.25. The maximum Gasteiger partial charge on any atom is 0.316 e. The Kier molecular flexibility index (Phi) is 7.83. The molecule has 0 aliphatic heterocycles. The molecule has 0 unspecified atom stereocenters. The molecular formula is C17H21N5O4S3. The molecule has 2 heterocycles. The van der Waals surface area contributed by atoms with Crippen LogP contribution in [0, 0.1) is 0 Å². The van der Waals surface area contributed by atoms with Crippen LogP contribution in [0.3, 0.4) is 0 Å². The number of thioether (sulfide) groups is 1. The van der Waals surface area contributed by atoms with Crippen molar-refractivity contribution in [3.05, 3.63) is 17.0 Å². The zero-order chi connectivity index (χ0) is 20.6. The predicted molar refractivity (Wildman–Crippen MR) is 114 cm³/mol. The molecule has 2 aromatic rings. The van der Waals surface area contributed by atoms with Crippen molar-refractivity contribution in [2.24, 2.45) is 5.73 Å². The molecule has 1 aliphatic rings. The second kappa shape index (κ2) is 10.6. The van der Waals surface area contributed by atoms with Crippen LogP contribution in [0.4, 0.5) is 10.1 Å². The molecule has 2 amide bonds. The highest BCUT2D eigenvalue weighted by Gasteiger charge is 2.17. The van der Waals surface area contributed by atoms with Crippen LogP contribution in [-0.2, 0) is 14.3 Å². The number of esters is 1. The molecular weight excluding hydrogens is 434 g/mol. The van der Waals surface area contributed by atoms with E-state index in [2.05, 4.69) is 20.8 Å². The molecule has 4 N–H and O–H groups in total. The number of rotatable bonds is 9. The van der Waals surface area contributed by atoms with Gasteiger partial charge in [0.1, 0.15) is 5.00 Å². The van der Waals surface area contributed by atoms with Gasteiger partial charge in [-0.15, -0.1) is 21.5 Å². The van der Waals surface area contributed by atoms with Crippen molar-refractivity contribution in [2.45, 2.75) is 42.5 Å². The third-order valence-corrected chi connectivity index (χ3v) is 6.99. The lowest BCUT2D eigenvalue weighted by atomic mass is 9.96. The number of ether oxygens (including phenoxy) is 1. The van der Waals surface area contributed by atoms with E-state index in [1.807, 2.05) is 0 Å². The van der Waals surface area contributed by atoms with Gasteiger partial charge in [0.05, 0.1) is 11.3 Å². The van der Waals surface area contributed by atoms with Gasteiger partial charge in [0, 0.05) is 6.04 Å². The normalized spacial score (nSPS) is 14.3. The van der Waals surface area contributed by atoms with Gasteiger partial charge in [0.2, 0.25) is 5.13 Å². The number of primary amides is 1. The number of nitrogens with one attached hydrogen (secondary N) is 2. The first-order valence-electron chi connectivity index (χ1n) is 9.07. The maximum absolute atomic E-state index is 11.9. The summed E-state index contributed by atoms with van der Waals surface area (Å²) in [4.78, 5) is 35.0. The van der Waals surface area contributed by atoms with Crippen molar-refractivity contribution in [1.82, 2.24) is 10.2 Å². The zero-order valence-corrected chi connectivity index (χ0v) is 18.0. The van der Waals surface area contributed by atoms with E-state index in [9.17, 15) is 14.4 Å². The minimum Gasteiger partial charge on any atom is -0.455 e. The van der Waals surface area contributed by atoms with Crippen LogP contribution in [0.5, 0.6) is 0 Å². The lowest BCUT2D eigenvalue weighted by Crippen LogP contribution is -2.22. The molecule has 0 aromatic carbocycles. The molecule has 0 spiro atoms. The average Bonchev–Trinajstić information content (AvgIpc) is 3.35. The minimum absolute atomic E-state index is 0.0247. The summed E-state index contributed by atoms with van der Waals surface area (Å²) in [5, 5.41) is 16.8. The summed E-state index contributed by atoms with van der Waals surface area (Å²) < 4.78 is 5.62. The van der Waals surface area contributed by atoms with Crippen molar-refractivity contribution >= 4 is 62.4 Å². The van der Waals surface area contributed by atoms with Crippen molar-refractivity contribution < 1.29 is 19.1 Å². The van der Waals surface area contributed by atoms with E-state index in [1.165, 1.54) is 59.8 Å². The molecule has 12 heteroatoms. The van der Waals surface area contributed by atoms with Crippen LogP contribution in [0.15, 0.2) is 15.8 Å². The lowest BCUT2D eigenvalue weighted by molar-refractivity contribution is -0.144. The molecule has 1 saturated carbocycles. The maximum atomic E-state index is 11.9. The summed E-state index contributed by atoms with van der Waals surface area (Å²) in [5.74, 6) is -1.69. The molecule has 1 aliphatic carbocycles. The van der Waals surface area contributed by atoms with Crippen LogP contribution < -0.4 is 16.4 Å². The Labute approximate surface area is 179 Å². The first kappa shape index (κ1) is 21.5. The largest absolute Gasteiger partial charge is 0.455 e. The standard InChI is InChI=1S/C17H21N5O4S3/c18-14(25)11-6-7-27-15(11)20-12(23)8-26-13(24)9-28-17-22-21-16(29-17)19-10-4-2-1-3-5-10/h6-7,10H,1-5,8-9H2,(H2,18,25)(H,19,21)(H,20,23). The van der Waals surface area contributed by atoms with Gasteiger partial charge in [-0.1, -0.05) is 42.4 Å². The third kappa shape index (κ3) is 6.68. The Hall–Kier alpha value is -2.18. The average molecular weight is 456 g/mol. The van der Waals surface area contributed by atoms with Crippen LogP contribution in [0.25, 0.3) is 0 Å². The molecule has 0 atom stereocenters. The molecule has 9 nitrogen and oxygen atoms in total. The Morgan fingerprint density at radius 1 is 1.24 bits per heavy atom.